The SMILES string of the molecule is C/C=C/C(=O)Nc1cccc(-c2cc(-c3ccc(C(=O)Nc4cc(C5CC5)ccn4)cc3F)cc3cncnc23)c1. The zero-order valence-electron chi connectivity index (χ0n) is 22.3. The molecule has 0 bridgehead atoms. The van der Waals surface area contributed by atoms with Gasteiger partial charge in [-0.05, 0) is 97.0 Å². The van der Waals surface area contributed by atoms with Crippen LogP contribution in [0.4, 0.5) is 15.9 Å². The molecule has 1 fully saturated rings. The number of halogens is 1. The van der Waals surface area contributed by atoms with Gasteiger partial charge in [-0.15, -0.1) is 0 Å². The number of carbonyl (C=O) groups is 2. The third-order valence-corrected chi connectivity index (χ3v) is 6.98. The van der Waals surface area contributed by atoms with Crippen LogP contribution in [-0.2, 0) is 4.79 Å². The average Bonchev–Trinajstić information content (AvgIpc) is 3.83. The molecule has 41 heavy (non-hydrogen) atoms. The molecule has 2 aromatic heterocycles. The first-order chi connectivity index (χ1) is 20.0. The third kappa shape index (κ3) is 5.72. The first-order valence-electron chi connectivity index (χ1n) is 13.3. The highest BCUT2D eigenvalue weighted by Crippen LogP contribution is 2.40. The van der Waals surface area contributed by atoms with Crippen LogP contribution in [0.2, 0.25) is 0 Å². The Hall–Kier alpha value is -5.24. The third-order valence-electron chi connectivity index (χ3n) is 6.98. The number of hydrogen-bond donors (Lipinski definition) is 2. The normalized spacial score (nSPS) is 12.9. The molecule has 6 rings (SSSR count). The van der Waals surface area contributed by atoms with Gasteiger partial charge in [-0.1, -0.05) is 24.3 Å². The highest BCUT2D eigenvalue weighted by atomic mass is 19.1. The van der Waals surface area contributed by atoms with Gasteiger partial charge in [0.1, 0.15) is 18.0 Å². The second kappa shape index (κ2) is 11.1. The number of aromatic nitrogens is 3. The lowest BCUT2D eigenvalue weighted by molar-refractivity contribution is -0.111. The molecule has 7 nitrogen and oxygen atoms in total. The summed E-state index contributed by atoms with van der Waals surface area (Å²) in [4.78, 5) is 37.8. The zero-order valence-corrected chi connectivity index (χ0v) is 22.3. The van der Waals surface area contributed by atoms with E-state index in [2.05, 4.69) is 25.6 Å². The molecule has 0 aliphatic heterocycles. The molecular formula is C33H26FN5O2. The number of benzene rings is 3. The Morgan fingerprint density at radius 3 is 2.61 bits per heavy atom. The molecule has 2 amide bonds. The van der Waals surface area contributed by atoms with Gasteiger partial charge < -0.3 is 10.6 Å². The zero-order chi connectivity index (χ0) is 28.3. The van der Waals surface area contributed by atoms with Crippen molar-refractivity contribution in [1.82, 2.24) is 15.0 Å². The summed E-state index contributed by atoms with van der Waals surface area (Å²) in [7, 11) is 0. The van der Waals surface area contributed by atoms with Crippen molar-refractivity contribution in [3.63, 3.8) is 0 Å². The Morgan fingerprint density at radius 1 is 0.927 bits per heavy atom. The predicted octanol–water partition coefficient (Wildman–Crippen LogP) is 7.14. The van der Waals surface area contributed by atoms with E-state index in [1.165, 1.54) is 18.5 Å². The van der Waals surface area contributed by atoms with Crippen LogP contribution in [-0.4, -0.2) is 26.8 Å². The lowest BCUT2D eigenvalue weighted by atomic mass is 9.95. The number of rotatable bonds is 7. The van der Waals surface area contributed by atoms with Gasteiger partial charge in [0.2, 0.25) is 5.91 Å². The van der Waals surface area contributed by atoms with Gasteiger partial charge in [0, 0.05) is 40.2 Å². The van der Waals surface area contributed by atoms with Crippen molar-refractivity contribution in [1.29, 1.82) is 0 Å². The number of fused-ring (bicyclic) bond motifs is 1. The maximum Gasteiger partial charge on any atom is 0.256 e. The van der Waals surface area contributed by atoms with E-state index in [0.717, 1.165) is 34.9 Å². The van der Waals surface area contributed by atoms with Crippen molar-refractivity contribution in [2.75, 3.05) is 10.6 Å². The van der Waals surface area contributed by atoms with E-state index in [1.54, 1.807) is 43.6 Å². The molecule has 1 aliphatic rings. The van der Waals surface area contributed by atoms with E-state index in [1.807, 2.05) is 42.5 Å². The van der Waals surface area contributed by atoms with Gasteiger partial charge in [-0.2, -0.15) is 0 Å². The molecule has 0 unspecified atom stereocenters. The van der Waals surface area contributed by atoms with Crippen LogP contribution in [0.3, 0.4) is 0 Å². The van der Waals surface area contributed by atoms with Gasteiger partial charge in [0.15, 0.2) is 0 Å². The minimum Gasteiger partial charge on any atom is -0.323 e. The van der Waals surface area contributed by atoms with Crippen LogP contribution in [0.15, 0.2) is 97.6 Å². The maximum atomic E-state index is 15.5. The number of hydrogen-bond acceptors (Lipinski definition) is 5. The molecular weight excluding hydrogens is 517 g/mol. The van der Waals surface area contributed by atoms with E-state index < -0.39 is 11.7 Å². The van der Waals surface area contributed by atoms with Crippen LogP contribution < -0.4 is 10.6 Å². The van der Waals surface area contributed by atoms with E-state index in [0.29, 0.717) is 34.1 Å². The summed E-state index contributed by atoms with van der Waals surface area (Å²) in [6.07, 6.45) is 10.2. The first-order valence-corrected chi connectivity index (χ1v) is 13.3. The topological polar surface area (TPSA) is 96.9 Å². The van der Waals surface area contributed by atoms with E-state index in [-0.39, 0.29) is 11.5 Å². The minimum atomic E-state index is -0.535. The Labute approximate surface area is 236 Å². The van der Waals surface area contributed by atoms with Crippen molar-refractivity contribution >= 4 is 34.2 Å². The lowest BCUT2D eigenvalue weighted by Crippen LogP contribution is -2.13. The Bertz CT molecular complexity index is 1830. The van der Waals surface area contributed by atoms with Gasteiger partial charge in [0.25, 0.3) is 5.91 Å². The predicted molar refractivity (Wildman–Crippen MR) is 158 cm³/mol. The van der Waals surface area contributed by atoms with Crippen molar-refractivity contribution in [2.24, 2.45) is 0 Å². The van der Waals surface area contributed by atoms with Crippen molar-refractivity contribution in [3.8, 4) is 22.3 Å². The number of nitrogens with zero attached hydrogens (tertiary/aromatic N) is 3. The molecule has 0 saturated heterocycles. The van der Waals surface area contributed by atoms with E-state index >= 15 is 4.39 Å². The second-order valence-electron chi connectivity index (χ2n) is 9.95. The van der Waals surface area contributed by atoms with Crippen molar-refractivity contribution in [2.45, 2.75) is 25.7 Å². The largest absolute Gasteiger partial charge is 0.323 e. The van der Waals surface area contributed by atoms with Crippen LogP contribution >= 0.6 is 0 Å². The first kappa shape index (κ1) is 26.0. The molecule has 0 atom stereocenters. The van der Waals surface area contributed by atoms with Crippen LogP contribution in [0.5, 0.6) is 0 Å². The molecule has 1 aliphatic carbocycles. The molecule has 2 heterocycles. The summed E-state index contributed by atoms with van der Waals surface area (Å²) in [5, 5.41) is 6.35. The van der Waals surface area contributed by atoms with Gasteiger partial charge in [-0.3, -0.25) is 9.59 Å². The second-order valence-corrected chi connectivity index (χ2v) is 9.95. The molecule has 2 N–H and O–H groups in total. The molecule has 3 aromatic carbocycles. The number of allylic oxidation sites excluding steroid dienone is 1. The quantitative estimate of drug-likeness (QED) is 0.213. The standard InChI is InChI=1S/C33H26FN5O2/c1-2-4-31(40)38-26-6-3-5-22(14-26)28-15-24(13-25-18-35-19-37-32(25)28)27-10-9-23(16-29(27)34)33(41)39-30-17-21(11-12-36-30)20-7-8-20/h2-6,9-20H,7-8H2,1H3,(H,38,40)(H,36,39,41)/b4-2+. The fourth-order valence-electron chi connectivity index (χ4n) is 4.84. The summed E-state index contributed by atoms with van der Waals surface area (Å²) in [5.74, 6) is -0.218. The highest BCUT2D eigenvalue weighted by molar-refractivity contribution is 6.04. The molecule has 1 saturated carbocycles. The molecule has 202 valence electrons. The number of amides is 2. The monoisotopic (exact) mass is 543 g/mol. The fraction of sp³-hybridized carbons (Fsp3) is 0.121. The lowest BCUT2D eigenvalue weighted by Gasteiger charge is -2.13. The fourth-order valence-corrected chi connectivity index (χ4v) is 4.84. The Kier molecular flexibility index (Phi) is 7.04. The Balaban J connectivity index is 1.32. The highest BCUT2D eigenvalue weighted by Gasteiger charge is 2.24. The summed E-state index contributed by atoms with van der Waals surface area (Å²) in [6.45, 7) is 1.77. The molecule has 5 aromatic rings. The summed E-state index contributed by atoms with van der Waals surface area (Å²) >= 11 is 0. The summed E-state index contributed by atoms with van der Waals surface area (Å²) < 4.78 is 15.5. The number of nitrogens with one attached hydrogen (secondary N) is 2. The van der Waals surface area contributed by atoms with Gasteiger partial charge >= 0.3 is 0 Å². The van der Waals surface area contributed by atoms with Crippen molar-refractivity contribution < 1.29 is 14.0 Å². The minimum absolute atomic E-state index is 0.193. The average molecular weight is 544 g/mol. The van der Waals surface area contributed by atoms with Crippen LogP contribution in [0, 0.1) is 5.82 Å². The number of anilines is 2. The molecule has 8 heteroatoms. The van der Waals surface area contributed by atoms with Crippen molar-refractivity contribution in [3.05, 3.63) is 115 Å². The van der Waals surface area contributed by atoms with E-state index in [4.69, 9.17) is 0 Å². The maximum absolute atomic E-state index is 15.5. The van der Waals surface area contributed by atoms with Crippen LogP contribution in [0.1, 0.15) is 41.6 Å². The van der Waals surface area contributed by atoms with Gasteiger partial charge in [0.05, 0.1) is 5.52 Å². The van der Waals surface area contributed by atoms with E-state index in [9.17, 15) is 9.59 Å². The smallest absolute Gasteiger partial charge is 0.256 e. The number of carbonyl (C=O) groups excluding carboxylic acids is 2. The summed E-state index contributed by atoms with van der Waals surface area (Å²) in [6, 6.07) is 19.3. The number of pyridine rings is 1. The molecule has 0 spiro atoms. The molecule has 0 radical (unpaired) electrons. The van der Waals surface area contributed by atoms with Gasteiger partial charge in [-0.25, -0.2) is 19.3 Å². The Morgan fingerprint density at radius 2 is 1.80 bits per heavy atom. The van der Waals surface area contributed by atoms with Crippen LogP contribution in [0.25, 0.3) is 33.2 Å². The summed E-state index contributed by atoms with van der Waals surface area (Å²) in [5.41, 5.74) is 5.15.